The van der Waals surface area contributed by atoms with E-state index < -0.39 is 0 Å². The summed E-state index contributed by atoms with van der Waals surface area (Å²) in [6.07, 6.45) is 12.1. The molecule has 0 radical (unpaired) electrons. The van der Waals surface area contributed by atoms with Crippen LogP contribution >= 0.6 is 0 Å². The molecule has 13 heavy (non-hydrogen) atoms. The average Bonchev–Trinajstić information content (AvgIpc) is 2.04. The van der Waals surface area contributed by atoms with Crippen molar-refractivity contribution >= 4 is 5.78 Å². The molecule has 0 atom stereocenters. The summed E-state index contributed by atoms with van der Waals surface area (Å²) in [7, 11) is 0. The third-order valence-electron chi connectivity index (χ3n) is 1.80. The summed E-state index contributed by atoms with van der Waals surface area (Å²) in [4.78, 5) is 11.2. The van der Waals surface area contributed by atoms with Gasteiger partial charge >= 0.3 is 0 Å². The van der Waals surface area contributed by atoms with Crippen LogP contribution in [-0.4, -0.2) is 5.78 Å². The van der Waals surface area contributed by atoms with Gasteiger partial charge in [-0.05, 0) is 31.1 Å². The molecule has 0 saturated carbocycles. The molecule has 0 aliphatic heterocycles. The smallest absolute Gasteiger partial charge is 0.160 e. The van der Waals surface area contributed by atoms with Gasteiger partial charge in [0, 0.05) is 6.42 Å². The molecule has 1 rings (SSSR count). The summed E-state index contributed by atoms with van der Waals surface area (Å²) in [5, 5.41) is 0. The Labute approximate surface area is 79.2 Å². The molecule has 0 spiro atoms. The Morgan fingerprint density at radius 3 is 2.46 bits per heavy atom. The minimum Gasteiger partial charge on any atom is -0.294 e. The maximum atomic E-state index is 11.2. The summed E-state index contributed by atoms with van der Waals surface area (Å²) >= 11 is 0. The van der Waals surface area contributed by atoms with Crippen LogP contribution in [0.1, 0.15) is 20.3 Å². The van der Waals surface area contributed by atoms with E-state index in [-0.39, 0.29) is 5.78 Å². The van der Waals surface area contributed by atoms with E-state index in [2.05, 4.69) is 0 Å². The largest absolute Gasteiger partial charge is 0.294 e. The molecule has 0 aromatic heterocycles. The fourth-order valence-electron chi connectivity index (χ4n) is 1.35. The summed E-state index contributed by atoms with van der Waals surface area (Å²) in [6.45, 7) is 3.90. The zero-order valence-electron chi connectivity index (χ0n) is 8.08. The van der Waals surface area contributed by atoms with Crippen molar-refractivity contribution in [1.29, 1.82) is 0 Å². The Bertz CT molecular complexity index is 314. The molecular weight excluding hydrogens is 160 g/mol. The van der Waals surface area contributed by atoms with Crippen molar-refractivity contribution in [2.45, 2.75) is 20.3 Å². The van der Waals surface area contributed by atoms with E-state index in [0.29, 0.717) is 6.42 Å². The highest BCUT2D eigenvalue weighted by Gasteiger charge is 2.07. The minimum atomic E-state index is 0.184. The number of ketones is 1. The van der Waals surface area contributed by atoms with Crippen molar-refractivity contribution in [3.63, 3.8) is 0 Å². The molecule has 0 aromatic carbocycles. The fourth-order valence-corrected chi connectivity index (χ4v) is 1.35. The zero-order chi connectivity index (χ0) is 9.68. The van der Waals surface area contributed by atoms with Gasteiger partial charge in [0.15, 0.2) is 5.78 Å². The van der Waals surface area contributed by atoms with Crippen molar-refractivity contribution in [1.82, 2.24) is 0 Å². The Morgan fingerprint density at radius 1 is 1.15 bits per heavy atom. The SMILES string of the molecule is CC=CC1=CC(=O)CC(C=CC)=C1. The van der Waals surface area contributed by atoms with Crippen LogP contribution in [0.5, 0.6) is 0 Å². The lowest BCUT2D eigenvalue weighted by atomic mass is 9.98. The van der Waals surface area contributed by atoms with Crippen molar-refractivity contribution in [3.05, 3.63) is 47.6 Å². The maximum absolute atomic E-state index is 11.2. The zero-order valence-corrected chi connectivity index (χ0v) is 8.08. The Hall–Kier alpha value is -1.37. The van der Waals surface area contributed by atoms with E-state index in [1.54, 1.807) is 6.08 Å². The first-order valence-electron chi connectivity index (χ1n) is 4.46. The highest BCUT2D eigenvalue weighted by molar-refractivity contribution is 5.95. The second-order valence-electron chi connectivity index (χ2n) is 3.01. The van der Waals surface area contributed by atoms with Crippen LogP contribution in [0, 0.1) is 0 Å². The number of hydrogen-bond donors (Lipinski definition) is 0. The third kappa shape index (κ3) is 2.86. The first-order chi connectivity index (χ1) is 6.26. The Balaban J connectivity index is 2.90. The number of carbonyl (C=O) groups excluding carboxylic acids is 1. The predicted octanol–water partition coefficient (Wildman–Crippen LogP) is 2.96. The van der Waals surface area contributed by atoms with Gasteiger partial charge in [0.2, 0.25) is 0 Å². The lowest BCUT2D eigenvalue weighted by Crippen LogP contribution is -2.00. The van der Waals surface area contributed by atoms with Crippen molar-refractivity contribution in [2.24, 2.45) is 0 Å². The molecular formula is C12H14O. The van der Waals surface area contributed by atoms with Crippen LogP contribution in [0.15, 0.2) is 47.6 Å². The standard InChI is InChI=1S/C12H14O/c1-3-5-10-7-11(6-4-2)9-12(13)8-10/h3-8H,9H2,1-2H3. The van der Waals surface area contributed by atoms with Gasteiger partial charge in [0.25, 0.3) is 0 Å². The number of hydrogen-bond acceptors (Lipinski definition) is 1. The first kappa shape index (κ1) is 9.72. The molecule has 68 valence electrons. The van der Waals surface area contributed by atoms with Gasteiger partial charge in [0.05, 0.1) is 0 Å². The molecule has 1 aliphatic carbocycles. The summed E-state index contributed by atoms with van der Waals surface area (Å²) < 4.78 is 0. The van der Waals surface area contributed by atoms with Crippen LogP contribution in [0.4, 0.5) is 0 Å². The highest BCUT2D eigenvalue weighted by atomic mass is 16.1. The molecule has 1 heteroatoms. The van der Waals surface area contributed by atoms with Gasteiger partial charge in [-0.1, -0.05) is 30.4 Å². The van der Waals surface area contributed by atoms with E-state index in [1.807, 2.05) is 44.2 Å². The number of rotatable bonds is 2. The molecule has 0 saturated heterocycles. The van der Waals surface area contributed by atoms with Gasteiger partial charge in [-0.15, -0.1) is 0 Å². The summed E-state index contributed by atoms with van der Waals surface area (Å²) in [5.74, 6) is 0.184. The van der Waals surface area contributed by atoms with E-state index in [4.69, 9.17) is 0 Å². The molecule has 0 heterocycles. The quantitative estimate of drug-likeness (QED) is 0.629. The maximum Gasteiger partial charge on any atom is 0.160 e. The lowest BCUT2D eigenvalue weighted by molar-refractivity contribution is -0.114. The monoisotopic (exact) mass is 174 g/mol. The van der Waals surface area contributed by atoms with Crippen LogP contribution in [0.25, 0.3) is 0 Å². The summed E-state index contributed by atoms with van der Waals surface area (Å²) in [5.41, 5.74) is 2.08. The molecule has 0 unspecified atom stereocenters. The molecule has 0 aromatic rings. The molecule has 0 bridgehead atoms. The Morgan fingerprint density at radius 2 is 1.85 bits per heavy atom. The molecule has 1 nitrogen and oxygen atoms in total. The van der Waals surface area contributed by atoms with Crippen LogP contribution in [-0.2, 0) is 4.79 Å². The van der Waals surface area contributed by atoms with Crippen molar-refractivity contribution in [2.75, 3.05) is 0 Å². The minimum absolute atomic E-state index is 0.184. The topological polar surface area (TPSA) is 17.1 Å². The second-order valence-corrected chi connectivity index (χ2v) is 3.01. The first-order valence-corrected chi connectivity index (χ1v) is 4.46. The second kappa shape index (κ2) is 4.61. The van der Waals surface area contributed by atoms with E-state index in [1.165, 1.54) is 0 Å². The van der Waals surface area contributed by atoms with Crippen LogP contribution in [0.2, 0.25) is 0 Å². The van der Waals surface area contributed by atoms with Gasteiger partial charge in [-0.25, -0.2) is 0 Å². The van der Waals surface area contributed by atoms with E-state index in [9.17, 15) is 4.79 Å². The molecule has 0 N–H and O–H groups in total. The fraction of sp³-hybridized carbons (Fsp3) is 0.250. The van der Waals surface area contributed by atoms with Crippen molar-refractivity contribution in [3.8, 4) is 0 Å². The highest BCUT2D eigenvalue weighted by Crippen LogP contribution is 2.16. The molecule has 0 fully saturated rings. The third-order valence-corrected chi connectivity index (χ3v) is 1.80. The van der Waals surface area contributed by atoms with Gasteiger partial charge < -0.3 is 0 Å². The average molecular weight is 174 g/mol. The van der Waals surface area contributed by atoms with Crippen molar-refractivity contribution < 1.29 is 4.79 Å². The normalized spacial score (nSPS) is 18.2. The van der Waals surface area contributed by atoms with Gasteiger partial charge in [-0.3, -0.25) is 4.79 Å². The van der Waals surface area contributed by atoms with Crippen LogP contribution in [0.3, 0.4) is 0 Å². The van der Waals surface area contributed by atoms with Crippen LogP contribution < -0.4 is 0 Å². The van der Waals surface area contributed by atoms with Gasteiger partial charge in [-0.2, -0.15) is 0 Å². The number of carbonyl (C=O) groups is 1. The molecule has 0 amide bonds. The molecule has 1 aliphatic rings. The Kier molecular flexibility index (Phi) is 3.44. The van der Waals surface area contributed by atoms with Gasteiger partial charge in [0.1, 0.15) is 0 Å². The summed E-state index contributed by atoms with van der Waals surface area (Å²) in [6, 6.07) is 0. The predicted molar refractivity (Wildman–Crippen MR) is 55.4 cm³/mol. The van der Waals surface area contributed by atoms with E-state index in [0.717, 1.165) is 11.1 Å². The lowest BCUT2D eigenvalue weighted by Gasteiger charge is -2.06. The van der Waals surface area contributed by atoms with E-state index >= 15 is 0 Å². The number of allylic oxidation sites excluding steroid dienone is 8.